The highest BCUT2D eigenvalue weighted by molar-refractivity contribution is 9.10. The first-order chi connectivity index (χ1) is 10.3. The van der Waals surface area contributed by atoms with Crippen LogP contribution < -0.4 is 4.74 Å². The Morgan fingerprint density at radius 2 is 2.14 bits per heavy atom. The number of likely N-dealkylation sites (tertiary alicyclic amines) is 1. The van der Waals surface area contributed by atoms with Crippen LogP contribution in [-0.4, -0.2) is 35.8 Å². The molecular formula is C17H24BrNO3. The van der Waals surface area contributed by atoms with Gasteiger partial charge in [0, 0.05) is 11.0 Å². The van der Waals surface area contributed by atoms with Crippen LogP contribution in [0.5, 0.6) is 5.75 Å². The van der Waals surface area contributed by atoms with Crippen LogP contribution in [0.2, 0.25) is 0 Å². The first-order valence-electron chi connectivity index (χ1n) is 7.65. The van der Waals surface area contributed by atoms with E-state index in [4.69, 9.17) is 9.47 Å². The van der Waals surface area contributed by atoms with Crippen molar-refractivity contribution < 1.29 is 14.3 Å². The highest BCUT2D eigenvalue weighted by Crippen LogP contribution is 2.25. The Hall–Kier alpha value is -1.23. The number of rotatable bonds is 3. The van der Waals surface area contributed by atoms with Gasteiger partial charge in [-0.25, -0.2) is 4.79 Å². The van der Waals surface area contributed by atoms with Crippen LogP contribution in [0, 0.1) is 6.92 Å². The van der Waals surface area contributed by atoms with Crippen molar-refractivity contribution >= 4 is 22.0 Å². The largest absolute Gasteiger partial charge is 0.491 e. The molecule has 4 nitrogen and oxygen atoms in total. The fraction of sp³-hybridized carbons (Fsp3) is 0.588. The lowest BCUT2D eigenvalue weighted by atomic mass is 10.2. The Bertz CT molecular complexity index is 539. The summed E-state index contributed by atoms with van der Waals surface area (Å²) in [6.45, 7) is 8.91. The Morgan fingerprint density at radius 3 is 2.77 bits per heavy atom. The van der Waals surface area contributed by atoms with Gasteiger partial charge in [-0.15, -0.1) is 0 Å². The van der Waals surface area contributed by atoms with Gasteiger partial charge in [0.1, 0.15) is 18.0 Å². The quantitative estimate of drug-likeness (QED) is 0.784. The number of hydrogen-bond acceptors (Lipinski definition) is 3. The number of nitrogens with zero attached hydrogens (tertiary/aromatic N) is 1. The minimum atomic E-state index is -0.465. The van der Waals surface area contributed by atoms with Gasteiger partial charge < -0.3 is 14.4 Å². The number of halogens is 1. The number of aryl methyl sites for hydroxylation is 1. The van der Waals surface area contributed by atoms with Crippen LogP contribution in [0.3, 0.4) is 0 Å². The minimum Gasteiger partial charge on any atom is -0.491 e. The molecule has 1 unspecified atom stereocenters. The Morgan fingerprint density at radius 1 is 1.41 bits per heavy atom. The summed E-state index contributed by atoms with van der Waals surface area (Å²) >= 11 is 3.45. The molecule has 0 radical (unpaired) electrons. The molecule has 122 valence electrons. The summed E-state index contributed by atoms with van der Waals surface area (Å²) in [6.07, 6.45) is 1.70. The zero-order chi connectivity index (χ0) is 16.3. The van der Waals surface area contributed by atoms with Gasteiger partial charge in [0.25, 0.3) is 0 Å². The maximum Gasteiger partial charge on any atom is 0.410 e. The lowest BCUT2D eigenvalue weighted by Gasteiger charge is -2.28. The average Bonchev–Trinajstić information content (AvgIpc) is 2.84. The molecule has 0 N–H and O–H groups in total. The number of ether oxygens (including phenoxy) is 2. The molecule has 1 fully saturated rings. The maximum absolute atomic E-state index is 12.2. The standard InChI is InChI=1S/C17H24BrNO3/c1-12-10-13(18)7-8-15(12)21-11-14-6-5-9-19(14)16(20)22-17(2,3)4/h7-8,10,14H,5-6,9,11H2,1-4H3. The molecular weight excluding hydrogens is 346 g/mol. The second-order valence-corrected chi connectivity index (χ2v) is 7.61. The summed E-state index contributed by atoms with van der Waals surface area (Å²) in [7, 11) is 0. The van der Waals surface area contributed by atoms with Gasteiger partial charge in [-0.05, 0) is 64.3 Å². The third kappa shape index (κ3) is 4.63. The Labute approximate surface area is 140 Å². The van der Waals surface area contributed by atoms with Crippen LogP contribution in [0.15, 0.2) is 22.7 Å². The molecule has 1 aliphatic heterocycles. The van der Waals surface area contributed by atoms with Crippen LogP contribution in [0.25, 0.3) is 0 Å². The first-order valence-corrected chi connectivity index (χ1v) is 8.44. The van der Waals surface area contributed by atoms with Crippen molar-refractivity contribution in [3.63, 3.8) is 0 Å². The third-order valence-corrected chi connectivity index (χ3v) is 4.07. The number of carbonyl (C=O) groups is 1. The van der Waals surface area contributed by atoms with E-state index in [1.54, 1.807) is 4.90 Å². The number of benzene rings is 1. The molecule has 2 rings (SSSR count). The van der Waals surface area contributed by atoms with E-state index < -0.39 is 5.60 Å². The molecule has 0 aromatic heterocycles. The second kappa shape index (κ2) is 6.90. The van der Waals surface area contributed by atoms with E-state index >= 15 is 0 Å². The van der Waals surface area contributed by atoms with Gasteiger partial charge in [-0.3, -0.25) is 0 Å². The van der Waals surface area contributed by atoms with E-state index in [1.807, 2.05) is 45.9 Å². The molecule has 1 heterocycles. The van der Waals surface area contributed by atoms with Crippen LogP contribution >= 0.6 is 15.9 Å². The summed E-state index contributed by atoms with van der Waals surface area (Å²) in [5.41, 5.74) is 0.615. The predicted octanol–water partition coefficient (Wildman–Crippen LogP) is 4.54. The van der Waals surface area contributed by atoms with Crippen molar-refractivity contribution in [1.29, 1.82) is 0 Å². The normalized spacial score (nSPS) is 18.4. The number of hydrogen-bond donors (Lipinski definition) is 0. The van der Waals surface area contributed by atoms with Crippen molar-refractivity contribution in [2.75, 3.05) is 13.2 Å². The van der Waals surface area contributed by atoms with E-state index in [-0.39, 0.29) is 12.1 Å². The SMILES string of the molecule is Cc1cc(Br)ccc1OCC1CCCN1C(=O)OC(C)(C)C. The Kier molecular flexibility index (Phi) is 5.37. The molecule has 1 aromatic rings. The maximum atomic E-state index is 12.2. The molecule has 1 amide bonds. The van der Waals surface area contributed by atoms with E-state index in [2.05, 4.69) is 15.9 Å². The fourth-order valence-electron chi connectivity index (χ4n) is 2.53. The Balaban J connectivity index is 1.95. The molecule has 5 heteroatoms. The molecule has 1 saturated heterocycles. The van der Waals surface area contributed by atoms with E-state index in [1.165, 1.54) is 0 Å². The fourth-order valence-corrected chi connectivity index (χ4v) is 3.01. The minimum absolute atomic E-state index is 0.0814. The van der Waals surface area contributed by atoms with Gasteiger partial charge in [-0.1, -0.05) is 15.9 Å². The van der Waals surface area contributed by atoms with Crippen LogP contribution in [0.4, 0.5) is 4.79 Å². The summed E-state index contributed by atoms with van der Waals surface area (Å²) in [6, 6.07) is 6.02. The van der Waals surface area contributed by atoms with Gasteiger partial charge in [-0.2, -0.15) is 0 Å². The molecule has 0 aliphatic carbocycles. The van der Waals surface area contributed by atoms with E-state index in [0.717, 1.165) is 35.2 Å². The smallest absolute Gasteiger partial charge is 0.410 e. The summed E-state index contributed by atoms with van der Waals surface area (Å²) in [4.78, 5) is 14.0. The highest BCUT2D eigenvalue weighted by Gasteiger charge is 2.32. The van der Waals surface area contributed by atoms with Crippen molar-refractivity contribution in [3.8, 4) is 5.75 Å². The van der Waals surface area contributed by atoms with Crippen molar-refractivity contribution in [2.45, 2.75) is 52.2 Å². The highest BCUT2D eigenvalue weighted by atomic mass is 79.9. The van der Waals surface area contributed by atoms with Crippen LogP contribution in [-0.2, 0) is 4.74 Å². The van der Waals surface area contributed by atoms with E-state index in [0.29, 0.717) is 6.61 Å². The molecule has 0 saturated carbocycles. The zero-order valence-corrected chi connectivity index (χ0v) is 15.3. The molecule has 0 spiro atoms. The lowest BCUT2D eigenvalue weighted by molar-refractivity contribution is 0.0187. The van der Waals surface area contributed by atoms with Gasteiger partial charge in [0.05, 0.1) is 6.04 Å². The molecule has 1 aliphatic rings. The van der Waals surface area contributed by atoms with Crippen molar-refractivity contribution in [2.24, 2.45) is 0 Å². The van der Waals surface area contributed by atoms with E-state index in [9.17, 15) is 4.79 Å². The van der Waals surface area contributed by atoms with Gasteiger partial charge >= 0.3 is 6.09 Å². The predicted molar refractivity (Wildman–Crippen MR) is 90.3 cm³/mol. The van der Waals surface area contributed by atoms with Gasteiger partial charge in [0.2, 0.25) is 0 Å². The zero-order valence-electron chi connectivity index (χ0n) is 13.7. The average molecular weight is 370 g/mol. The second-order valence-electron chi connectivity index (χ2n) is 6.69. The molecule has 1 atom stereocenters. The third-order valence-electron chi connectivity index (χ3n) is 3.57. The summed E-state index contributed by atoms with van der Waals surface area (Å²) in [5.74, 6) is 0.860. The van der Waals surface area contributed by atoms with Crippen LogP contribution in [0.1, 0.15) is 39.2 Å². The molecule has 0 bridgehead atoms. The molecule has 1 aromatic carbocycles. The first kappa shape index (κ1) is 17.1. The van der Waals surface area contributed by atoms with Crippen molar-refractivity contribution in [1.82, 2.24) is 4.90 Å². The monoisotopic (exact) mass is 369 g/mol. The topological polar surface area (TPSA) is 38.8 Å². The summed E-state index contributed by atoms with van der Waals surface area (Å²) in [5, 5.41) is 0. The summed E-state index contributed by atoms with van der Waals surface area (Å²) < 4.78 is 12.4. The van der Waals surface area contributed by atoms with Gasteiger partial charge in [0.15, 0.2) is 0 Å². The van der Waals surface area contributed by atoms with Crippen molar-refractivity contribution in [3.05, 3.63) is 28.2 Å². The lowest BCUT2D eigenvalue weighted by Crippen LogP contribution is -2.42. The molecule has 22 heavy (non-hydrogen) atoms. The number of carbonyl (C=O) groups excluding carboxylic acids is 1. The number of amides is 1.